The van der Waals surface area contributed by atoms with Crippen molar-refractivity contribution in [3.8, 4) is 0 Å². The first-order valence-corrected chi connectivity index (χ1v) is 7.69. The minimum atomic E-state index is -3.41. The molecule has 2 rings (SSSR count). The molecule has 0 aliphatic rings. The highest BCUT2D eigenvalue weighted by molar-refractivity contribution is 7.90. The predicted octanol–water partition coefficient (Wildman–Crippen LogP) is 2.86. The van der Waals surface area contributed by atoms with E-state index in [9.17, 15) is 8.42 Å². The van der Waals surface area contributed by atoms with Gasteiger partial charge in [0, 0.05) is 0 Å². The third kappa shape index (κ3) is 2.96. The highest BCUT2D eigenvalue weighted by Crippen LogP contribution is 2.25. The van der Waals surface area contributed by atoms with E-state index in [4.69, 9.17) is 5.73 Å². The van der Waals surface area contributed by atoms with Crippen LogP contribution < -0.4 is 5.73 Å². The summed E-state index contributed by atoms with van der Waals surface area (Å²) < 4.78 is 24.8. The van der Waals surface area contributed by atoms with Crippen molar-refractivity contribution < 1.29 is 8.42 Å². The molecule has 4 heteroatoms. The summed E-state index contributed by atoms with van der Waals surface area (Å²) in [7, 11) is -3.41. The number of anilines is 1. The van der Waals surface area contributed by atoms with E-state index in [1.54, 1.807) is 25.1 Å². The van der Waals surface area contributed by atoms with Gasteiger partial charge in [0.15, 0.2) is 9.84 Å². The van der Waals surface area contributed by atoms with Gasteiger partial charge in [0.1, 0.15) is 0 Å². The zero-order valence-electron chi connectivity index (χ0n) is 11.1. The Labute approximate surface area is 114 Å². The molecule has 0 saturated carbocycles. The normalized spacial score (nSPS) is 11.5. The lowest BCUT2D eigenvalue weighted by molar-refractivity contribution is 0.595. The molecule has 2 N–H and O–H groups in total. The lowest BCUT2D eigenvalue weighted by Crippen LogP contribution is -2.09. The minimum Gasteiger partial charge on any atom is -0.397 e. The van der Waals surface area contributed by atoms with Gasteiger partial charge in [-0.2, -0.15) is 0 Å². The molecule has 0 radical (unpaired) electrons. The largest absolute Gasteiger partial charge is 0.397 e. The highest BCUT2D eigenvalue weighted by atomic mass is 32.2. The Morgan fingerprint density at radius 1 is 1.05 bits per heavy atom. The second-order valence-electron chi connectivity index (χ2n) is 4.73. The van der Waals surface area contributed by atoms with Gasteiger partial charge in [0.2, 0.25) is 0 Å². The van der Waals surface area contributed by atoms with Crippen molar-refractivity contribution in [3.63, 3.8) is 0 Å². The van der Waals surface area contributed by atoms with Crippen LogP contribution in [0.4, 0.5) is 5.69 Å². The van der Waals surface area contributed by atoms with Gasteiger partial charge in [-0.3, -0.25) is 0 Å². The molecule has 0 saturated heterocycles. The van der Waals surface area contributed by atoms with Crippen LogP contribution >= 0.6 is 0 Å². The van der Waals surface area contributed by atoms with Crippen molar-refractivity contribution >= 4 is 15.5 Å². The fourth-order valence-corrected chi connectivity index (χ4v) is 3.58. The van der Waals surface area contributed by atoms with Crippen LogP contribution in [0, 0.1) is 13.8 Å². The summed E-state index contributed by atoms with van der Waals surface area (Å²) in [6, 6.07) is 12.6. The standard InChI is InChI=1S/C15H17NO2S/c1-11-5-3-7-13(9-11)10-19(17,18)14-8-4-6-12(2)15(14)16/h3-9H,10,16H2,1-2H3. The lowest BCUT2D eigenvalue weighted by atomic mass is 10.2. The van der Waals surface area contributed by atoms with Gasteiger partial charge in [-0.1, -0.05) is 42.0 Å². The van der Waals surface area contributed by atoms with Gasteiger partial charge in [0.25, 0.3) is 0 Å². The second-order valence-corrected chi connectivity index (χ2v) is 6.69. The van der Waals surface area contributed by atoms with Gasteiger partial charge < -0.3 is 5.73 Å². The van der Waals surface area contributed by atoms with Crippen molar-refractivity contribution in [2.24, 2.45) is 0 Å². The molecular formula is C15H17NO2S. The van der Waals surface area contributed by atoms with Crippen LogP contribution in [0.5, 0.6) is 0 Å². The first-order chi connectivity index (χ1) is 8.90. The molecule has 0 aliphatic carbocycles. The van der Waals surface area contributed by atoms with E-state index in [-0.39, 0.29) is 10.6 Å². The molecule has 0 atom stereocenters. The van der Waals surface area contributed by atoms with Crippen molar-refractivity contribution in [3.05, 3.63) is 59.2 Å². The molecule has 0 aromatic heterocycles. The minimum absolute atomic E-state index is 0.0255. The van der Waals surface area contributed by atoms with E-state index >= 15 is 0 Å². The molecule has 0 aliphatic heterocycles. The summed E-state index contributed by atoms with van der Waals surface area (Å²) in [5.74, 6) is -0.0255. The van der Waals surface area contributed by atoms with Crippen LogP contribution in [0.25, 0.3) is 0 Å². The third-order valence-corrected chi connectivity index (χ3v) is 4.80. The van der Waals surface area contributed by atoms with Crippen LogP contribution in [0.2, 0.25) is 0 Å². The van der Waals surface area contributed by atoms with E-state index in [1.807, 2.05) is 31.2 Å². The van der Waals surface area contributed by atoms with Gasteiger partial charge in [-0.25, -0.2) is 8.42 Å². The Morgan fingerprint density at radius 2 is 1.74 bits per heavy atom. The summed E-state index contributed by atoms with van der Waals surface area (Å²) >= 11 is 0. The number of aryl methyl sites for hydroxylation is 2. The topological polar surface area (TPSA) is 60.2 Å². The van der Waals surface area contributed by atoms with Gasteiger partial charge >= 0.3 is 0 Å². The molecule has 3 nitrogen and oxygen atoms in total. The molecule has 0 unspecified atom stereocenters. The summed E-state index contributed by atoms with van der Waals surface area (Å²) in [6.07, 6.45) is 0. The van der Waals surface area contributed by atoms with Crippen molar-refractivity contribution in [1.82, 2.24) is 0 Å². The van der Waals surface area contributed by atoms with Gasteiger partial charge in [0.05, 0.1) is 16.3 Å². The molecule has 19 heavy (non-hydrogen) atoms. The molecule has 0 bridgehead atoms. The Hall–Kier alpha value is -1.81. The van der Waals surface area contributed by atoms with Crippen LogP contribution in [-0.4, -0.2) is 8.42 Å². The van der Waals surface area contributed by atoms with Crippen LogP contribution in [-0.2, 0) is 15.6 Å². The van der Waals surface area contributed by atoms with Gasteiger partial charge in [-0.05, 0) is 31.0 Å². The zero-order chi connectivity index (χ0) is 14.0. The second kappa shape index (κ2) is 5.05. The highest BCUT2D eigenvalue weighted by Gasteiger charge is 2.19. The number of nitrogen functional groups attached to an aromatic ring is 1. The molecule has 0 heterocycles. The number of benzene rings is 2. The molecule has 100 valence electrons. The molecular weight excluding hydrogens is 258 g/mol. The van der Waals surface area contributed by atoms with E-state index in [0.717, 1.165) is 16.7 Å². The summed E-state index contributed by atoms with van der Waals surface area (Å²) in [4.78, 5) is 0.217. The van der Waals surface area contributed by atoms with E-state index in [0.29, 0.717) is 5.69 Å². The summed E-state index contributed by atoms with van der Waals surface area (Å²) in [5.41, 5.74) is 8.82. The van der Waals surface area contributed by atoms with E-state index in [2.05, 4.69) is 0 Å². The number of para-hydroxylation sites is 1. The fraction of sp³-hybridized carbons (Fsp3) is 0.200. The molecule has 0 amide bonds. The predicted molar refractivity (Wildman–Crippen MR) is 77.7 cm³/mol. The van der Waals surface area contributed by atoms with Gasteiger partial charge in [-0.15, -0.1) is 0 Å². The van der Waals surface area contributed by atoms with Crippen LogP contribution in [0.1, 0.15) is 16.7 Å². The van der Waals surface area contributed by atoms with Crippen molar-refractivity contribution in [1.29, 1.82) is 0 Å². The number of hydrogen-bond donors (Lipinski definition) is 1. The van der Waals surface area contributed by atoms with E-state index < -0.39 is 9.84 Å². The average molecular weight is 275 g/mol. The monoisotopic (exact) mass is 275 g/mol. The summed E-state index contributed by atoms with van der Waals surface area (Å²) in [5, 5.41) is 0. The number of hydrogen-bond acceptors (Lipinski definition) is 3. The average Bonchev–Trinajstić information content (AvgIpc) is 2.32. The quantitative estimate of drug-likeness (QED) is 0.876. The fourth-order valence-electron chi connectivity index (χ4n) is 2.02. The number of sulfone groups is 1. The maximum Gasteiger partial charge on any atom is 0.184 e. The van der Waals surface area contributed by atoms with Crippen LogP contribution in [0.3, 0.4) is 0 Å². The lowest BCUT2D eigenvalue weighted by Gasteiger charge is -2.10. The SMILES string of the molecule is Cc1cccc(CS(=O)(=O)c2cccc(C)c2N)c1. The van der Waals surface area contributed by atoms with Crippen molar-refractivity contribution in [2.75, 3.05) is 5.73 Å². The Balaban J connectivity index is 2.41. The molecule has 2 aromatic carbocycles. The Bertz CT molecular complexity index is 706. The summed E-state index contributed by atoms with van der Waals surface area (Å²) in [6.45, 7) is 3.75. The number of rotatable bonds is 3. The maximum absolute atomic E-state index is 12.4. The Morgan fingerprint density at radius 3 is 2.42 bits per heavy atom. The van der Waals surface area contributed by atoms with E-state index in [1.165, 1.54) is 0 Å². The number of nitrogens with two attached hydrogens (primary N) is 1. The van der Waals surface area contributed by atoms with Crippen LogP contribution in [0.15, 0.2) is 47.4 Å². The Kier molecular flexibility index (Phi) is 3.62. The smallest absolute Gasteiger partial charge is 0.184 e. The maximum atomic E-state index is 12.4. The first-order valence-electron chi connectivity index (χ1n) is 6.03. The zero-order valence-corrected chi connectivity index (χ0v) is 11.9. The molecule has 0 spiro atoms. The molecule has 2 aromatic rings. The van der Waals surface area contributed by atoms with Crippen molar-refractivity contribution in [2.45, 2.75) is 24.5 Å². The first kappa shape index (κ1) is 13.6. The third-order valence-electron chi connectivity index (χ3n) is 3.06. The molecule has 0 fully saturated rings.